The van der Waals surface area contributed by atoms with E-state index in [2.05, 4.69) is 11.3 Å². The Kier molecular flexibility index (Phi) is 4.80. The van der Waals surface area contributed by atoms with Crippen LogP contribution in [0.1, 0.15) is 26.7 Å². The second-order valence-electron chi connectivity index (χ2n) is 2.80. The quantitative estimate of drug-likeness (QED) is 0.533. The van der Waals surface area contributed by atoms with Gasteiger partial charge in [0.15, 0.2) is 6.10 Å². The van der Waals surface area contributed by atoms with Crippen LogP contribution in [0.25, 0.3) is 0 Å². The molecule has 0 spiro atoms. The van der Waals surface area contributed by atoms with Gasteiger partial charge in [0, 0.05) is 5.57 Å². The third-order valence-electron chi connectivity index (χ3n) is 1.38. The molecule has 0 aliphatic carbocycles. The number of carboxylic acids is 1. The molecule has 0 radical (unpaired) electrons. The molecule has 1 unspecified atom stereocenters. The first-order valence-electron chi connectivity index (χ1n) is 4.08. The summed E-state index contributed by atoms with van der Waals surface area (Å²) in [4.78, 5) is 19.7. The number of cyclic esters (lactones) is 1. The average molecular weight is 186 g/mol. The van der Waals surface area contributed by atoms with Crippen molar-refractivity contribution in [3.8, 4) is 0 Å². The largest absolute Gasteiger partial charge is 0.478 e. The van der Waals surface area contributed by atoms with Crippen LogP contribution < -0.4 is 0 Å². The van der Waals surface area contributed by atoms with Gasteiger partial charge in [0.2, 0.25) is 0 Å². The molecule has 13 heavy (non-hydrogen) atoms. The second kappa shape index (κ2) is 5.35. The number of carboxylic acid groups (broad SMARTS) is 1. The Balaban J connectivity index is 0.000000226. The number of carbonyl (C=O) groups is 2. The zero-order valence-electron chi connectivity index (χ0n) is 7.87. The highest BCUT2D eigenvalue weighted by atomic mass is 16.6. The highest BCUT2D eigenvalue weighted by Crippen LogP contribution is 2.16. The van der Waals surface area contributed by atoms with E-state index in [0.717, 1.165) is 12.8 Å². The Labute approximate surface area is 77.2 Å². The summed E-state index contributed by atoms with van der Waals surface area (Å²) in [6, 6.07) is 0. The van der Waals surface area contributed by atoms with E-state index < -0.39 is 5.97 Å². The summed E-state index contributed by atoms with van der Waals surface area (Å²) in [6.45, 7) is 6.64. The van der Waals surface area contributed by atoms with Crippen molar-refractivity contribution < 1.29 is 19.4 Å². The Hall–Kier alpha value is -1.32. The highest BCUT2D eigenvalue weighted by molar-refractivity contribution is 5.87. The van der Waals surface area contributed by atoms with Crippen LogP contribution in [0, 0.1) is 0 Å². The van der Waals surface area contributed by atoms with Crippen LogP contribution in [0.3, 0.4) is 0 Å². The van der Waals surface area contributed by atoms with Gasteiger partial charge < -0.3 is 9.84 Å². The molecule has 0 amide bonds. The van der Waals surface area contributed by atoms with Crippen LogP contribution in [0.4, 0.5) is 0 Å². The van der Waals surface area contributed by atoms with Crippen molar-refractivity contribution in [1.29, 1.82) is 0 Å². The normalized spacial score (nSPS) is 18.0. The van der Waals surface area contributed by atoms with Crippen molar-refractivity contribution in [2.45, 2.75) is 32.8 Å². The summed E-state index contributed by atoms with van der Waals surface area (Å²) >= 11 is 0. The molecule has 1 heterocycles. The molecule has 1 aliphatic heterocycles. The highest BCUT2D eigenvalue weighted by Gasteiger charge is 2.36. The molecule has 1 aliphatic rings. The molecule has 0 aromatic heterocycles. The van der Waals surface area contributed by atoms with Gasteiger partial charge in [-0.25, -0.2) is 9.59 Å². The molecule has 0 saturated carbocycles. The molecule has 1 saturated heterocycles. The lowest BCUT2D eigenvalue weighted by atomic mass is 10.3. The van der Waals surface area contributed by atoms with Crippen LogP contribution in [-0.4, -0.2) is 23.1 Å². The molecular formula is C9H14O4. The number of aliphatic carboxylic acids is 1. The van der Waals surface area contributed by atoms with E-state index in [-0.39, 0.29) is 17.6 Å². The third kappa shape index (κ3) is 5.90. The predicted octanol–water partition coefficient (Wildman–Crippen LogP) is 1.36. The van der Waals surface area contributed by atoms with Gasteiger partial charge >= 0.3 is 11.9 Å². The monoisotopic (exact) mass is 186 g/mol. The lowest BCUT2D eigenvalue weighted by Gasteiger charge is -1.79. The molecule has 0 aromatic carbocycles. The van der Waals surface area contributed by atoms with E-state index in [1.807, 2.05) is 6.92 Å². The number of hydrogen-bond acceptors (Lipinski definition) is 3. The van der Waals surface area contributed by atoms with Crippen molar-refractivity contribution in [3.05, 3.63) is 12.2 Å². The van der Waals surface area contributed by atoms with Crippen molar-refractivity contribution >= 4 is 11.9 Å². The van der Waals surface area contributed by atoms with Gasteiger partial charge in [0.05, 0.1) is 0 Å². The maximum Gasteiger partial charge on any atom is 0.348 e. The smallest absolute Gasteiger partial charge is 0.348 e. The molecule has 1 atom stereocenters. The Bertz CT molecular complexity index is 208. The van der Waals surface area contributed by atoms with Gasteiger partial charge in [-0.15, -0.1) is 0 Å². The van der Waals surface area contributed by atoms with Crippen LogP contribution in [-0.2, 0) is 14.3 Å². The van der Waals surface area contributed by atoms with E-state index >= 15 is 0 Å². The van der Waals surface area contributed by atoms with E-state index in [0.29, 0.717) is 0 Å². The molecule has 0 bridgehead atoms. The van der Waals surface area contributed by atoms with Crippen molar-refractivity contribution in [1.82, 2.24) is 0 Å². The first kappa shape index (κ1) is 11.7. The minimum Gasteiger partial charge on any atom is -0.478 e. The molecular weight excluding hydrogens is 172 g/mol. The number of epoxide rings is 1. The summed E-state index contributed by atoms with van der Waals surface area (Å²) in [5.74, 6) is -0.961. The molecule has 74 valence electrons. The molecule has 0 aromatic rings. The van der Waals surface area contributed by atoms with Crippen LogP contribution in [0.5, 0.6) is 0 Å². The van der Waals surface area contributed by atoms with E-state index in [1.165, 1.54) is 6.92 Å². The SMILES string of the molecule is C=C(C)C(=O)O.CCCC1OC1=O. The molecule has 1 fully saturated rings. The van der Waals surface area contributed by atoms with Crippen LogP contribution in [0.15, 0.2) is 12.2 Å². The van der Waals surface area contributed by atoms with Gasteiger partial charge in [-0.05, 0) is 13.3 Å². The summed E-state index contributed by atoms with van der Waals surface area (Å²) in [7, 11) is 0. The maximum atomic E-state index is 10.1. The second-order valence-corrected chi connectivity index (χ2v) is 2.80. The topological polar surface area (TPSA) is 66.9 Å². The number of hydrogen-bond donors (Lipinski definition) is 1. The standard InChI is InChI=1S/C5H8O2.C4H6O2/c1-2-3-4-5(6)7-4;1-3(2)4(5)6/h4H,2-3H2,1H3;1H2,2H3,(H,5,6). The third-order valence-corrected chi connectivity index (χ3v) is 1.38. The van der Waals surface area contributed by atoms with Gasteiger partial charge in [0.1, 0.15) is 0 Å². The maximum absolute atomic E-state index is 10.1. The Morgan fingerprint density at radius 1 is 1.69 bits per heavy atom. The Morgan fingerprint density at radius 3 is 2.15 bits per heavy atom. The molecule has 1 rings (SSSR count). The van der Waals surface area contributed by atoms with Crippen LogP contribution >= 0.6 is 0 Å². The fraction of sp³-hybridized carbons (Fsp3) is 0.556. The minimum absolute atomic E-state index is 0.0231. The van der Waals surface area contributed by atoms with Crippen LogP contribution in [0.2, 0.25) is 0 Å². The van der Waals surface area contributed by atoms with Crippen molar-refractivity contribution in [2.75, 3.05) is 0 Å². The summed E-state index contributed by atoms with van der Waals surface area (Å²) in [6.07, 6.45) is 1.92. The van der Waals surface area contributed by atoms with Gasteiger partial charge in [-0.1, -0.05) is 19.9 Å². The summed E-state index contributed by atoms with van der Waals surface area (Å²) in [5.41, 5.74) is 0.176. The fourth-order valence-corrected chi connectivity index (χ4v) is 0.545. The number of carbonyl (C=O) groups excluding carboxylic acids is 1. The fourth-order valence-electron chi connectivity index (χ4n) is 0.545. The van der Waals surface area contributed by atoms with E-state index in [4.69, 9.17) is 5.11 Å². The summed E-state index contributed by atoms with van der Waals surface area (Å²) in [5, 5.41) is 7.89. The van der Waals surface area contributed by atoms with E-state index in [9.17, 15) is 9.59 Å². The zero-order valence-corrected chi connectivity index (χ0v) is 7.87. The predicted molar refractivity (Wildman–Crippen MR) is 47.2 cm³/mol. The number of rotatable bonds is 3. The minimum atomic E-state index is -0.935. The van der Waals surface area contributed by atoms with E-state index in [1.54, 1.807) is 0 Å². The summed E-state index contributed by atoms with van der Waals surface area (Å²) < 4.78 is 4.52. The van der Waals surface area contributed by atoms with Gasteiger partial charge in [-0.2, -0.15) is 0 Å². The van der Waals surface area contributed by atoms with Gasteiger partial charge in [-0.3, -0.25) is 0 Å². The molecule has 4 heteroatoms. The van der Waals surface area contributed by atoms with Crippen molar-refractivity contribution in [2.24, 2.45) is 0 Å². The van der Waals surface area contributed by atoms with Gasteiger partial charge in [0.25, 0.3) is 0 Å². The number of ether oxygens (including phenoxy) is 1. The zero-order chi connectivity index (χ0) is 10.4. The first-order valence-corrected chi connectivity index (χ1v) is 4.08. The lowest BCUT2D eigenvalue weighted by Crippen LogP contribution is -1.92. The Morgan fingerprint density at radius 2 is 2.08 bits per heavy atom. The van der Waals surface area contributed by atoms with Crippen molar-refractivity contribution in [3.63, 3.8) is 0 Å². The molecule has 4 nitrogen and oxygen atoms in total. The molecule has 1 N–H and O–H groups in total. The first-order chi connectivity index (χ1) is 5.99. The lowest BCUT2D eigenvalue weighted by molar-refractivity contribution is -0.132. The average Bonchev–Trinajstić information content (AvgIpc) is 2.68.